The van der Waals surface area contributed by atoms with Gasteiger partial charge in [0.25, 0.3) is 0 Å². The van der Waals surface area contributed by atoms with Crippen molar-refractivity contribution in [3.05, 3.63) is 0 Å². The van der Waals surface area contributed by atoms with E-state index in [0.717, 1.165) is 0 Å². The summed E-state index contributed by atoms with van der Waals surface area (Å²) in [6.45, 7) is 0.659. The van der Waals surface area contributed by atoms with Crippen molar-refractivity contribution < 1.29 is 40.2 Å². The third kappa shape index (κ3) is 8.06. The SMILES string of the molecule is CC(N)C(=O)O.O=C[C@H](O)[C@@H](O)[C@H](O)[C@H](O)CO. The molecule has 0 aromatic rings. The fourth-order valence-corrected chi connectivity index (χ4v) is 0.618. The van der Waals surface area contributed by atoms with Gasteiger partial charge in [-0.2, -0.15) is 0 Å². The Morgan fingerprint density at radius 1 is 1.22 bits per heavy atom. The van der Waals surface area contributed by atoms with Gasteiger partial charge in [0.2, 0.25) is 0 Å². The van der Waals surface area contributed by atoms with Crippen molar-refractivity contribution in [1.82, 2.24) is 0 Å². The number of aliphatic hydroxyl groups excluding tert-OH is 5. The van der Waals surface area contributed by atoms with Crippen LogP contribution in [0, 0.1) is 0 Å². The lowest BCUT2D eigenvalue weighted by molar-refractivity contribution is -0.138. The number of aliphatic carboxylic acids is 1. The second-order valence-corrected chi connectivity index (χ2v) is 3.48. The van der Waals surface area contributed by atoms with E-state index in [4.69, 9.17) is 36.4 Å². The molecule has 0 saturated carbocycles. The second-order valence-electron chi connectivity index (χ2n) is 3.48. The Morgan fingerprint density at radius 3 is 1.83 bits per heavy atom. The topological polar surface area (TPSA) is 182 Å². The molecule has 0 heterocycles. The van der Waals surface area contributed by atoms with E-state index in [-0.39, 0.29) is 6.29 Å². The molecule has 108 valence electrons. The third-order valence-corrected chi connectivity index (χ3v) is 1.81. The van der Waals surface area contributed by atoms with Gasteiger partial charge in [0, 0.05) is 0 Å². The van der Waals surface area contributed by atoms with Crippen LogP contribution in [0.5, 0.6) is 0 Å². The summed E-state index contributed by atoms with van der Waals surface area (Å²) in [7, 11) is 0. The first-order chi connectivity index (χ1) is 8.18. The fourth-order valence-electron chi connectivity index (χ4n) is 0.618. The molecule has 0 spiro atoms. The minimum atomic E-state index is -1.79. The molecule has 18 heavy (non-hydrogen) atoms. The largest absolute Gasteiger partial charge is 0.480 e. The van der Waals surface area contributed by atoms with E-state index in [1.807, 2.05) is 0 Å². The molecular weight excluding hydrogens is 250 g/mol. The molecule has 9 heteroatoms. The quantitative estimate of drug-likeness (QED) is 0.236. The Bertz CT molecular complexity index is 247. The molecule has 0 saturated heterocycles. The zero-order chi connectivity index (χ0) is 14.9. The highest BCUT2D eigenvalue weighted by Gasteiger charge is 2.29. The van der Waals surface area contributed by atoms with E-state index in [1.54, 1.807) is 0 Å². The maximum Gasteiger partial charge on any atom is 0.320 e. The third-order valence-electron chi connectivity index (χ3n) is 1.81. The minimum absolute atomic E-state index is 0.0258. The number of aldehydes is 1. The molecule has 0 rings (SSSR count). The van der Waals surface area contributed by atoms with Gasteiger partial charge in [-0.25, -0.2) is 0 Å². The van der Waals surface area contributed by atoms with Gasteiger partial charge in [0.15, 0.2) is 6.29 Å². The molecule has 0 bridgehead atoms. The summed E-state index contributed by atoms with van der Waals surface area (Å²) in [5, 5.41) is 51.4. The number of carboxylic acids is 1. The molecule has 0 fully saturated rings. The normalized spacial score (nSPS) is 18.6. The Labute approximate surface area is 103 Å². The number of hydrogen-bond donors (Lipinski definition) is 7. The number of hydrogen-bond acceptors (Lipinski definition) is 8. The van der Waals surface area contributed by atoms with Gasteiger partial charge in [-0.05, 0) is 6.92 Å². The predicted molar refractivity (Wildman–Crippen MR) is 58.5 cm³/mol. The zero-order valence-corrected chi connectivity index (χ0v) is 9.75. The first-order valence-corrected chi connectivity index (χ1v) is 4.95. The van der Waals surface area contributed by atoms with Crippen molar-refractivity contribution in [1.29, 1.82) is 0 Å². The second kappa shape index (κ2) is 9.88. The molecule has 1 unspecified atom stereocenters. The average Bonchev–Trinajstić information content (AvgIpc) is 2.35. The number of carbonyl (C=O) groups is 2. The molecule has 9 nitrogen and oxygen atoms in total. The predicted octanol–water partition coefficient (Wildman–Crippen LogP) is -3.96. The van der Waals surface area contributed by atoms with E-state index in [9.17, 15) is 9.59 Å². The van der Waals surface area contributed by atoms with E-state index in [2.05, 4.69) is 0 Å². The van der Waals surface area contributed by atoms with Crippen LogP contribution in [0.2, 0.25) is 0 Å². The lowest BCUT2D eigenvalue weighted by Gasteiger charge is -2.22. The molecule has 8 N–H and O–H groups in total. The van der Waals surface area contributed by atoms with Crippen LogP contribution in [-0.2, 0) is 9.59 Å². The van der Waals surface area contributed by atoms with Gasteiger partial charge in [0.05, 0.1) is 6.61 Å². The van der Waals surface area contributed by atoms with Crippen LogP contribution < -0.4 is 5.73 Å². The van der Waals surface area contributed by atoms with Crippen molar-refractivity contribution in [3.63, 3.8) is 0 Å². The van der Waals surface area contributed by atoms with Gasteiger partial charge >= 0.3 is 5.97 Å². The lowest BCUT2D eigenvalue weighted by Crippen LogP contribution is -2.46. The Kier molecular flexibility index (Phi) is 10.6. The molecule has 0 aromatic heterocycles. The summed E-state index contributed by atoms with van der Waals surface area (Å²) >= 11 is 0. The number of carboxylic acid groups (broad SMARTS) is 1. The smallest absolute Gasteiger partial charge is 0.320 e. The average molecular weight is 269 g/mol. The van der Waals surface area contributed by atoms with Crippen molar-refractivity contribution >= 4 is 12.3 Å². The monoisotopic (exact) mass is 269 g/mol. The van der Waals surface area contributed by atoms with Crippen molar-refractivity contribution in [2.24, 2.45) is 5.73 Å². The standard InChI is InChI=1S/C6H12O6.C3H7NO2/c7-1-3(9)5(11)6(12)4(10)2-8;1-2(4)3(5)6/h1,3-6,8-12H,2H2;2H,4H2,1H3,(H,5,6)/t3-,4+,5+,6+;/m0./s1. The summed E-state index contributed by atoms with van der Waals surface area (Å²) in [4.78, 5) is 19.5. The van der Waals surface area contributed by atoms with Crippen LogP contribution in [0.1, 0.15) is 6.92 Å². The molecule has 0 amide bonds. The van der Waals surface area contributed by atoms with E-state index < -0.39 is 43.0 Å². The molecule has 0 aliphatic carbocycles. The van der Waals surface area contributed by atoms with Crippen LogP contribution >= 0.6 is 0 Å². The van der Waals surface area contributed by atoms with Crippen molar-refractivity contribution in [2.75, 3.05) is 6.61 Å². The van der Waals surface area contributed by atoms with Gasteiger partial charge in [-0.3, -0.25) is 4.79 Å². The number of nitrogens with two attached hydrogens (primary N) is 1. The maximum absolute atomic E-state index is 9.90. The summed E-state index contributed by atoms with van der Waals surface area (Å²) < 4.78 is 0. The van der Waals surface area contributed by atoms with Crippen LogP contribution in [0.15, 0.2) is 0 Å². The maximum atomic E-state index is 9.90. The zero-order valence-electron chi connectivity index (χ0n) is 9.75. The van der Waals surface area contributed by atoms with Crippen LogP contribution in [0.25, 0.3) is 0 Å². The highest BCUT2D eigenvalue weighted by atomic mass is 16.4. The summed E-state index contributed by atoms with van der Waals surface area (Å²) in [5.74, 6) is -0.963. The Morgan fingerprint density at radius 2 is 1.61 bits per heavy atom. The first-order valence-electron chi connectivity index (χ1n) is 4.95. The highest BCUT2D eigenvalue weighted by molar-refractivity contribution is 5.72. The van der Waals surface area contributed by atoms with Crippen LogP contribution in [0.4, 0.5) is 0 Å². The lowest BCUT2D eigenvalue weighted by atomic mass is 10.0. The molecule has 0 radical (unpaired) electrons. The van der Waals surface area contributed by atoms with Gasteiger partial charge in [-0.1, -0.05) is 0 Å². The number of rotatable bonds is 6. The minimum Gasteiger partial charge on any atom is -0.480 e. The number of aliphatic hydroxyl groups is 5. The molecule has 0 aliphatic rings. The Balaban J connectivity index is 0. The first kappa shape index (κ1) is 19.2. The number of carbonyl (C=O) groups excluding carboxylic acids is 1. The van der Waals surface area contributed by atoms with E-state index >= 15 is 0 Å². The summed E-state index contributed by atoms with van der Waals surface area (Å²) in [6, 6.07) is -0.731. The van der Waals surface area contributed by atoms with Crippen LogP contribution in [0.3, 0.4) is 0 Å². The van der Waals surface area contributed by atoms with E-state index in [1.165, 1.54) is 6.92 Å². The molecule has 0 aliphatic heterocycles. The Hall–Kier alpha value is -1.10. The molecule has 0 aromatic carbocycles. The summed E-state index contributed by atoms with van der Waals surface area (Å²) in [5.41, 5.74) is 4.84. The van der Waals surface area contributed by atoms with Gasteiger partial charge < -0.3 is 41.2 Å². The van der Waals surface area contributed by atoms with Crippen molar-refractivity contribution in [2.45, 2.75) is 37.4 Å². The fraction of sp³-hybridized carbons (Fsp3) is 0.778. The van der Waals surface area contributed by atoms with Crippen molar-refractivity contribution in [3.8, 4) is 0 Å². The van der Waals surface area contributed by atoms with Gasteiger partial charge in [0.1, 0.15) is 30.5 Å². The molecule has 5 atom stereocenters. The molecular formula is C9H19NO8. The summed E-state index contributed by atoms with van der Waals surface area (Å²) in [6.07, 6.45) is -6.84. The van der Waals surface area contributed by atoms with E-state index in [0.29, 0.717) is 0 Å². The van der Waals surface area contributed by atoms with Gasteiger partial charge in [-0.15, -0.1) is 0 Å². The van der Waals surface area contributed by atoms with Crippen LogP contribution in [-0.4, -0.2) is 80.0 Å². The highest BCUT2D eigenvalue weighted by Crippen LogP contribution is 2.02.